The second-order valence-electron chi connectivity index (χ2n) is 5.26. The van der Waals surface area contributed by atoms with E-state index < -0.39 is 11.4 Å². The third-order valence-electron chi connectivity index (χ3n) is 2.02. The lowest BCUT2D eigenvalue weighted by Gasteiger charge is -2.26. The van der Waals surface area contributed by atoms with Gasteiger partial charge < -0.3 is 4.55 Å². The lowest BCUT2D eigenvalue weighted by Crippen LogP contribution is -2.43. The van der Waals surface area contributed by atoms with Crippen molar-refractivity contribution in [1.29, 1.82) is 0 Å². The van der Waals surface area contributed by atoms with Crippen LogP contribution < -0.4 is 4.72 Å². The van der Waals surface area contributed by atoms with Crippen molar-refractivity contribution in [3.8, 4) is 0 Å². The first kappa shape index (κ1) is 15.0. The largest absolute Gasteiger partial charge is 0.598 e. The molecule has 0 saturated carbocycles. The quantitative estimate of drug-likeness (QED) is 0.582. The Balaban J connectivity index is 3.84. The lowest BCUT2D eigenvalue weighted by atomic mass is 10.1. The van der Waals surface area contributed by atoms with Crippen molar-refractivity contribution in [2.45, 2.75) is 65.2 Å². The molecule has 1 N–H and O–H groups in total. The summed E-state index contributed by atoms with van der Waals surface area (Å²) in [6, 6.07) is 0.306. The number of allylic oxidation sites excluding steroid dienone is 2. The van der Waals surface area contributed by atoms with Gasteiger partial charge >= 0.3 is 0 Å². The predicted octanol–water partition coefficient (Wildman–Crippen LogP) is 3.17. The SMILES string of the molecule is CC(C)=CCCC(C)N[S+]([O-])C(C)(C)C. The normalized spacial score (nSPS) is 15.9. The summed E-state index contributed by atoms with van der Waals surface area (Å²) in [6.07, 6.45) is 4.31. The van der Waals surface area contributed by atoms with Crippen molar-refractivity contribution in [3.63, 3.8) is 0 Å². The average Bonchev–Trinajstić information content (AvgIpc) is 2.01. The molecule has 0 aliphatic heterocycles. The molecule has 0 rings (SSSR count). The Hall–Kier alpha value is 0.01000. The highest BCUT2D eigenvalue weighted by Crippen LogP contribution is 2.14. The fraction of sp³-hybridized carbons (Fsp3) is 0.833. The molecule has 0 aromatic heterocycles. The van der Waals surface area contributed by atoms with Gasteiger partial charge in [-0.25, -0.2) is 0 Å². The van der Waals surface area contributed by atoms with Gasteiger partial charge in [-0.3, -0.25) is 0 Å². The van der Waals surface area contributed by atoms with Crippen LogP contribution in [0.3, 0.4) is 0 Å². The fourth-order valence-electron chi connectivity index (χ4n) is 1.04. The molecule has 0 heterocycles. The fourth-order valence-corrected chi connectivity index (χ4v) is 1.88. The Morgan fingerprint density at radius 1 is 1.40 bits per heavy atom. The predicted molar refractivity (Wildman–Crippen MR) is 69.2 cm³/mol. The van der Waals surface area contributed by atoms with E-state index in [4.69, 9.17) is 0 Å². The molecule has 0 bridgehead atoms. The minimum atomic E-state index is -0.952. The number of hydrogen-bond acceptors (Lipinski definition) is 2. The van der Waals surface area contributed by atoms with E-state index in [0.717, 1.165) is 12.8 Å². The molecule has 2 atom stereocenters. The average molecular weight is 231 g/mol. The summed E-state index contributed by atoms with van der Waals surface area (Å²) in [4.78, 5) is 0. The van der Waals surface area contributed by atoms with Gasteiger partial charge in [0.1, 0.15) is 4.75 Å². The zero-order valence-corrected chi connectivity index (χ0v) is 11.7. The van der Waals surface area contributed by atoms with E-state index in [-0.39, 0.29) is 4.75 Å². The molecule has 2 nitrogen and oxygen atoms in total. The van der Waals surface area contributed by atoms with Crippen LogP contribution in [0.4, 0.5) is 0 Å². The molecule has 0 amide bonds. The number of hydrogen-bond donors (Lipinski definition) is 1. The first-order chi connectivity index (χ1) is 6.73. The Morgan fingerprint density at radius 3 is 2.33 bits per heavy atom. The van der Waals surface area contributed by atoms with Crippen LogP contribution in [0.1, 0.15) is 54.4 Å². The second kappa shape index (κ2) is 6.56. The van der Waals surface area contributed by atoms with Crippen molar-refractivity contribution < 1.29 is 4.55 Å². The van der Waals surface area contributed by atoms with E-state index >= 15 is 0 Å². The van der Waals surface area contributed by atoms with E-state index in [9.17, 15) is 4.55 Å². The molecule has 0 aliphatic rings. The third-order valence-corrected chi connectivity index (χ3v) is 3.75. The Bertz CT molecular complexity index is 204. The number of rotatable bonds is 5. The van der Waals surface area contributed by atoms with Crippen molar-refractivity contribution in [2.75, 3.05) is 0 Å². The van der Waals surface area contributed by atoms with Gasteiger partial charge in [0.25, 0.3) is 0 Å². The van der Waals surface area contributed by atoms with Gasteiger partial charge in [-0.2, -0.15) is 0 Å². The van der Waals surface area contributed by atoms with Gasteiger partial charge in [0.2, 0.25) is 0 Å². The molecule has 15 heavy (non-hydrogen) atoms. The van der Waals surface area contributed by atoms with Gasteiger partial charge in [0.05, 0.1) is 0 Å². The van der Waals surface area contributed by atoms with Crippen molar-refractivity contribution in [2.24, 2.45) is 0 Å². The summed E-state index contributed by atoms with van der Waals surface area (Å²) in [5.74, 6) is 0. The maximum absolute atomic E-state index is 11.8. The summed E-state index contributed by atoms with van der Waals surface area (Å²) in [5, 5.41) is 0. The molecular formula is C12H25NOS. The van der Waals surface area contributed by atoms with Crippen LogP contribution in [0.15, 0.2) is 11.6 Å². The topological polar surface area (TPSA) is 35.1 Å². The summed E-state index contributed by atoms with van der Waals surface area (Å²) in [6.45, 7) is 12.2. The van der Waals surface area contributed by atoms with E-state index in [1.807, 2.05) is 20.8 Å². The molecule has 2 unspecified atom stereocenters. The van der Waals surface area contributed by atoms with Gasteiger partial charge in [0, 0.05) is 17.4 Å². The Morgan fingerprint density at radius 2 is 1.93 bits per heavy atom. The number of nitrogens with one attached hydrogen (secondary N) is 1. The highest BCUT2D eigenvalue weighted by molar-refractivity contribution is 7.90. The molecular weight excluding hydrogens is 206 g/mol. The van der Waals surface area contributed by atoms with Crippen LogP contribution in [-0.2, 0) is 11.4 Å². The smallest absolute Gasteiger partial charge is 0.136 e. The maximum Gasteiger partial charge on any atom is 0.136 e. The van der Waals surface area contributed by atoms with Crippen LogP contribution in [-0.4, -0.2) is 15.3 Å². The minimum Gasteiger partial charge on any atom is -0.598 e. The minimum absolute atomic E-state index is 0.176. The monoisotopic (exact) mass is 231 g/mol. The van der Waals surface area contributed by atoms with Crippen LogP contribution >= 0.6 is 0 Å². The molecule has 0 aliphatic carbocycles. The van der Waals surface area contributed by atoms with Gasteiger partial charge in [-0.15, -0.1) is 4.72 Å². The van der Waals surface area contributed by atoms with Gasteiger partial charge in [-0.05, 0) is 54.4 Å². The van der Waals surface area contributed by atoms with Gasteiger partial charge in [-0.1, -0.05) is 11.6 Å². The Kier molecular flexibility index (Phi) is 6.57. The first-order valence-corrected chi connectivity index (χ1v) is 6.70. The molecule has 0 radical (unpaired) electrons. The molecule has 3 heteroatoms. The van der Waals surface area contributed by atoms with Gasteiger partial charge in [0.15, 0.2) is 0 Å². The zero-order chi connectivity index (χ0) is 12.1. The first-order valence-electron chi connectivity index (χ1n) is 5.55. The van der Waals surface area contributed by atoms with E-state index in [1.165, 1.54) is 5.57 Å². The zero-order valence-electron chi connectivity index (χ0n) is 10.9. The summed E-state index contributed by atoms with van der Waals surface area (Å²) >= 11 is -0.952. The molecule has 0 aromatic carbocycles. The maximum atomic E-state index is 11.8. The second-order valence-corrected chi connectivity index (χ2v) is 7.26. The van der Waals surface area contributed by atoms with E-state index in [1.54, 1.807) is 0 Å². The highest BCUT2D eigenvalue weighted by Gasteiger charge is 2.27. The summed E-state index contributed by atoms with van der Waals surface area (Å²) < 4.78 is 14.7. The summed E-state index contributed by atoms with van der Waals surface area (Å²) in [5.41, 5.74) is 1.35. The standard InChI is InChI=1S/C12H25NOS/c1-10(2)8-7-9-11(3)13-15(14)12(4,5)6/h8,11,13H,7,9H2,1-6H3. The summed E-state index contributed by atoms with van der Waals surface area (Å²) in [7, 11) is 0. The van der Waals surface area contributed by atoms with E-state index in [2.05, 4.69) is 31.6 Å². The molecule has 0 saturated heterocycles. The molecule has 0 aromatic rings. The van der Waals surface area contributed by atoms with Crippen molar-refractivity contribution in [3.05, 3.63) is 11.6 Å². The highest BCUT2D eigenvalue weighted by atomic mass is 32.2. The van der Waals surface area contributed by atoms with Crippen LogP contribution in [0.2, 0.25) is 0 Å². The molecule has 0 spiro atoms. The van der Waals surface area contributed by atoms with Crippen LogP contribution in [0.25, 0.3) is 0 Å². The van der Waals surface area contributed by atoms with Crippen molar-refractivity contribution >= 4 is 11.4 Å². The molecule has 90 valence electrons. The molecule has 0 fully saturated rings. The van der Waals surface area contributed by atoms with Crippen molar-refractivity contribution in [1.82, 2.24) is 4.72 Å². The van der Waals surface area contributed by atoms with E-state index in [0.29, 0.717) is 6.04 Å². The Labute approximate surface area is 97.8 Å². The van der Waals surface area contributed by atoms with Crippen LogP contribution in [0, 0.1) is 0 Å². The third kappa shape index (κ3) is 7.88. The van der Waals surface area contributed by atoms with Crippen LogP contribution in [0.5, 0.6) is 0 Å². The lowest BCUT2D eigenvalue weighted by molar-refractivity contribution is 0.518.